The summed E-state index contributed by atoms with van der Waals surface area (Å²) in [6.07, 6.45) is 1.97. The minimum atomic E-state index is -0.0844. The molecule has 0 bridgehead atoms. The molecule has 0 aliphatic heterocycles. The average molecular weight is 334 g/mol. The average Bonchev–Trinajstić information content (AvgIpc) is 3.10. The number of aromatic nitrogens is 2. The molecule has 0 saturated carbocycles. The fraction of sp³-hybridized carbons (Fsp3) is 0.200. The van der Waals surface area contributed by atoms with Gasteiger partial charge in [-0.15, -0.1) is 0 Å². The summed E-state index contributed by atoms with van der Waals surface area (Å²) in [5.74, 6) is -0.0844. The van der Waals surface area contributed by atoms with Crippen LogP contribution in [-0.4, -0.2) is 29.8 Å². The molecule has 3 aromatic rings. The Labute approximate surface area is 147 Å². The van der Waals surface area contributed by atoms with Gasteiger partial charge in [0.1, 0.15) is 0 Å². The Morgan fingerprint density at radius 2 is 1.92 bits per heavy atom. The molecule has 0 spiro atoms. The number of carbonyl (C=O) groups is 1. The van der Waals surface area contributed by atoms with E-state index < -0.39 is 0 Å². The van der Waals surface area contributed by atoms with Crippen LogP contribution in [-0.2, 0) is 6.54 Å². The van der Waals surface area contributed by atoms with Crippen LogP contribution in [0.1, 0.15) is 21.6 Å². The Hall–Kier alpha value is -3.08. The fourth-order valence-electron chi connectivity index (χ4n) is 2.65. The van der Waals surface area contributed by atoms with Gasteiger partial charge in [-0.2, -0.15) is 5.10 Å². The summed E-state index contributed by atoms with van der Waals surface area (Å²) >= 11 is 0. The highest BCUT2D eigenvalue weighted by Gasteiger charge is 2.09. The van der Waals surface area contributed by atoms with Crippen molar-refractivity contribution in [2.24, 2.45) is 0 Å². The second-order valence-corrected chi connectivity index (χ2v) is 6.07. The van der Waals surface area contributed by atoms with Crippen LogP contribution in [0.5, 0.6) is 0 Å². The number of aryl methyl sites for hydroxylation is 1. The molecule has 0 aliphatic rings. The van der Waals surface area contributed by atoms with Gasteiger partial charge in [0.25, 0.3) is 5.91 Å². The Morgan fingerprint density at radius 3 is 2.64 bits per heavy atom. The highest BCUT2D eigenvalue weighted by Crippen LogP contribution is 2.17. The zero-order valence-corrected chi connectivity index (χ0v) is 14.7. The first kappa shape index (κ1) is 16.8. The predicted octanol–water partition coefficient (Wildman–Crippen LogP) is 3.18. The summed E-state index contributed by atoms with van der Waals surface area (Å²) in [6, 6.07) is 17.9. The van der Waals surface area contributed by atoms with Crippen LogP contribution in [0.4, 0.5) is 5.69 Å². The van der Waals surface area contributed by atoms with Gasteiger partial charge in [0.05, 0.1) is 17.9 Å². The number of nitrogens with one attached hydrogen (secondary N) is 1. The lowest BCUT2D eigenvalue weighted by Gasteiger charge is -2.18. The lowest BCUT2D eigenvalue weighted by molar-refractivity contribution is 0.0963. The SMILES string of the molecule is CNC(=O)c1cccc(N(C)Cc2ccn(-c3ccc(C)cc3)n2)c1. The molecule has 1 N–H and O–H groups in total. The van der Waals surface area contributed by atoms with Crippen molar-refractivity contribution in [2.45, 2.75) is 13.5 Å². The maximum atomic E-state index is 11.8. The first-order chi connectivity index (χ1) is 12.1. The van der Waals surface area contributed by atoms with Crippen molar-refractivity contribution in [3.63, 3.8) is 0 Å². The van der Waals surface area contributed by atoms with Crippen LogP contribution in [0.2, 0.25) is 0 Å². The molecule has 5 nitrogen and oxygen atoms in total. The van der Waals surface area contributed by atoms with Crippen molar-refractivity contribution >= 4 is 11.6 Å². The van der Waals surface area contributed by atoms with Crippen molar-refractivity contribution in [3.8, 4) is 5.69 Å². The summed E-state index contributed by atoms with van der Waals surface area (Å²) in [5.41, 5.74) is 4.87. The van der Waals surface area contributed by atoms with Crippen molar-refractivity contribution in [3.05, 3.63) is 77.6 Å². The highest BCUT2D eigenvalue weighted by atomic mass is 16.1. The Morgan fingerprint density at radius 1 is 1.16 bits per heavy atom. The largest absolute Gasteiger partial charge is 0.369 e. The van der Waals surface area contributed by atoms with Gasteiger partial charge >= 0.3 is 0 Å². The van der Waals surface area contributed by atoms with E-state index in [-0.39, 0.29) is 5.91 Å². The van der Waals surface area contributed by atoms with Gasteiger partial charge in [-0.3, -0.25) is 4.79 Å². The van der Waals surface area contributed by atoms with Crippen LogP contribution in [0.25, 0.3) is 5.69 Å². The number of nitrogens with zero attached hydrogens (tertiary/aromatic N) is 3. The summed E-state index contributed by atoms with van der Waals surface area (Å²) in [5, 5.41) is 7.29. The Kier molecular flexibility index (Phi) is 4.84. The molecule has 5 heteroatoms. The number of rotatable bonds is 5. The van der Waals surface area contributed by atoms with Crippen molar-refractivity contribution < 1.29 is 4.79 Å². The van der Waals surface area contributed by atoms with E-state index in [1.54, 1.807) is 7.05 Å². The van der Waals surface area contributed by atoms with E-state index in [0.29, 0.717) is 12.1 Å². The van der Waals surface area contributed by atoms with E-state index in [2.05, 4.69) is 46.5 Å². The highest BCUT2D eigenvalue weighted by molar-refractivity contribution is 5.94. The maximum absolute atomic E-state index is 11.8. The van der Waals surface area contributed by atoms with Gasteiger partial charge in [-0.1, -0.05) is 23.8 Å². The lowest BCUT2D eigenvalue weighted by Crippen LogP contribution is -2.20. The molecule has 1 aromatic heterocycles. The number of hydrogen-bond donors (Lipinski definition) is 1. The molecule has 0 unspecified atom stereocenters. The normalized spacial score (nSPS) is 10.5. The number of hydrogen-bond acceptors (Lipinski definition) is 3. The van der Waals surface area contributed by atoms with Crippen molar-refractivity contribution in [2.75, 3.05) is 19.0 Å². The van der Waals surface area contributed by atoms with Crippen LogP contribution in [0.15, 0.2) is 60.8 Å². The van der Waals surface area contributed by atoms with E-state index >= 15 is 0 Å². The molecule has 0 radical (unpaired) electrons. The molecule has 1 amide bonds. The maximum Gasteiger partial charge on any atom is 0.251 e. The van der Waals surface area contributed by atoms with Crippen LogP contribution < -0.4 is 10.2 Å². The Bertz CT molecular complexity index is 867. The quantitative estimate of drug-likeness (QED) is 0.780. The van der Waals surface area contributed by atoms with Crippen LogP contribution in [0.3, 0.4) is 0 Å². The first-order valence-electron chi connectivity index (χ1n) is 8.21. The second kappa shape index (κ2) is 7.21. The molecule has 0 saturated heterocycles. The van der Waals surface area contributed by atoms with E-state index in [1.165, 1.54) is 5.56 Å². The molecule has 3 rings (SSSR count). The topological polar surface area (TPSA) is 50.2 Å². The third-order valence-corrected chi connectivity index (χ3v) is 4.12. The van der Waals surface area contributed by atoms with Gasteiger partial charge in [-0.25, -0.2) is 4.68 Å². The molecule has 0 fully saturated rings. The molecular weight excluding hydrogens is 312 g/mol. The molecule has 2 aromatic carbocycles. The number of amides is 1. The zero-order valence-electron chi connectivity index (χ0n) is 14.7. The van der Waals surface area contributed by atoms with E-state index in [4.69, 9.17) is 0 Å². The van der Waals surface area contributed by atoms with Gasteiger partial charge < -0.3 is 10.2 Å². The van der Waals surface area contributed by atoms with Gasteiger partial charge in [0.15, 0.2) is 0 Å². The molecule has 0 atom stereocenters. The minimum absolute atomic E-state index is 0.0844. The van der Waals surface area contributed by atoms with Crippen molar-refractivity contribution in [1.82, 2.24) is 15.1 Å². The molecule has 25 heavy (non-hydrogen) atoms. The first-order valence-corrected chi connectivity index (χ1v) is 8.21. The third-order valence-electron chi connectivity index (χ3n) is 4.12. The standard InChI is InChI=1S/C20H22N4O/c1-15-7-9-18(10-8-15)24-12-11-17(22-24)14-23(3)19-6-4-5-16(13-19)20(25)21-2/h4-13H,14H2,1-3H3,(H,21,25). The second-order valence-electron chi connectivity index (χ2n) is 6.07. The third kappa shape index (κ3) is 3.88. The van der Waals surface area contributed by atoms with E-state index in [9.17, 15) is 4.79 Å². The summed E-state index contributed by atoms with van der Waals surface area (Å²) < 4.78 is 1.88. The van der Waals surface area contributed by atoms with Gasteiger partial charge in [0.2, 0.25) is 0 Å². The van der Waals surface area contributed by atoms with Crippen molar-refractivity contribution in [1.29, 1.82) is 0 Å². The fourth-order valence-corrected chi connectivity index (χ4v) is 2.65. The predicted molar refractivity (Wildman–Crippen MR) is 100 cm³/mol. The summed E-state index contributed by atoms with van der Waals surface area (Å²) in [4.78, 5) is 13.9. The summed E-state index contributed by atoms with van der Waals surface area (Å²) in [6.45, 7) is 2.73. The molecule has 128 valence electrons. The van der Waals surface area contributed by atoms with Crippen LogP contribution in [0, 0.1) is 6.92 Å². The van der Waals surface area contributed by atoms with Crippen LogP contribution >= 0.6 is 0 Å². The molecule has 0 aliphatic carbocycles. The number of benzene rings is 2. The molecular formula is C20H22N4O. The Balaban J connectivity index is 1.74. The molecule has 1 heterocycles. The van der Waals surface area contributed by atoms with Gasteiger partial charge in [0, 0.05) is 31.5 Å². The minimum Gasteiger partial charge on any atom is -0.369 e. The van der Waals surface area contributed by atoms with E-state index in [1.807, 2.05) is 48.3 Å². The summed E-state index contributed by atoms with van der Waals surface area (Å²) in [7, 11) is 3.63. The monoisotopic (exact) mass is 334 g/mol. The zero-order chi connectivity index (χ0) is 17.8. The number of carbonyl (C=O) groups excluding carboxylic acids is 1. The lowest BCUT2D eigenvalue weighted by atomic mass is 10.1. The van der Waals surface area contributed by atoms with Gasteiger partial charge in [-0.05, 0) is 43.3 Å². The van der Waals surface area contributed by atoms with E-state index in [0.717, 1.165) is 17.1 Å². The number of anilines is 1. The smallest absolute Gasteiger partial charge is 0.251 e.